The summed E-state index contributed by atoms with van der Waals surface area (Å²) < 4.78 is 0. The standard InChI is InChI=1S/C13H23N3O3/c1-10(13(19)14-11-3-4-11)16-6-2-5-15(7-8-16)9-12(17)18/h10-11H,2-9H2,1H3,(H,14,19)(H,17,18). The van der Waals surface area contributed by atoms with Gasteiger partial charge in [0.1, 0.15) is 0 Å². The maximum Gasteiger partial charge on any atom is 0.317 e. The van der Waals surface area contributed by atoms with Gasteiger partial charge in [0.25, 0.3) is 0 Å². The number of nitrogens with zero attached hydrogens (tertiary/aromatic N) is 2. The predicted octanol–water partition coefficient (Wildman–Crippen LogP) is -0.254. The van der Waals surface area contributed by atoms with Gasteiger partial charge < -0.3 is 10.4 Å². The molecule has 1 atom stereocenters. The van der Waals surface area contributed by atoms with Crippen molar-refractivity contribution < 1.29 is 14.7 Å². The molecule has 1 saturated carbocycles. The molecule has 2 aliphatic rings. The van der Waals surface area contributed by atoms with Crippen molar-refractivity contribution in [1.29, 1.82) is 0 Å². The summed E-state index contributed by atoms with van der Waals surface area (Å²) in [6, 6.07) is 0.274. The van der Waals surface area contributed by atoms with Gasteiger partial charge in [-0.05, 0) is 26.2 Å². The predicted molar refractivity (Wildman–Crippen MR) is 70.9 cm³/mol. The maximum absolute atomic E-state index is 12.0. The number of aliphatic carboxylic acids is 1. The summed E-state index contributed by atoms with van der Waals surface area (Å²) in [7, 11) is 0. The monoisotopic (exact) mass is 269 g/mol. The van der Waals surface area contributed by atoms with Crippen molar-refractivity contribution in [1.82, 2.24) is 15.1 Å². The zero-order chi connectivity index (χ0) is 13.8. The van der Waals surface area contributed by atoms with E-state index in [1.54, 1.807) is 0 Å². The Morgan fingerprint density at radius 2 is 2.00 bits per heavy atom. The normalized spacial score (nSPS) is 23.6. The van der Waals surface area contributed by atoms with Crippen LogP contribution in [0.3, 0.4) is 0 Å². The van der Waals surface area contributed by atoms with Crippen molar-refractivity contribution in [2.75, 3.05) is 32.7 Å². The fourth-order valence-corrected chi connectivity index (χ4v) is 2.44. The summed E-state index contributed by atoms with van der Waals surface area (Å²) in [5, 5.41) is 11.8. The van der Waals surface area contributed by atoms with E-state index in [1.165, 1.54) is 0 Å². The summed E-state index contributed by atoms with van der Waals surface area (Å²) in [6.45, 7) is 5.15. The van der Waals surface area contributed by atoms with Gasteiger partial charge in [0.2, 0.25) is 5.91 Å². The van der Waals surface area contributed by atoms with Crippen LogP contribution in [0.5, 0.6) is 0 Å². The molecular weight excluding hydrogens is 246 g/mol. The van der Waals surface area contributed by atoms with Crippen LogP contribution in [0.15, 0.2) is 0 Å². The van der Waals surface area contributed by atoms with Crippen molar-refractivity contribution in [3.05, 3.63) is 0 Å². The largest absolute Gasteiger partial charge is 0.480 e. The van der Waals surface area contributed by atoms with E-state index in [-0.39, 0.29) is 18.5 Å². The second-order valence-electron chi connectivity index (χ2n) is 5.52. The second-order valence-corrected chi connectivity index (χ2v) is 5.52. The van der Waals surface area contributed by atoms with E-state index < -0.39 is 5.97 Å². The highest BCUT2D eigenvalue weighted by Gasteiger charge is 2.29. The van der Waals surface area contributed by atoms with Crippen LogP contribution >= 0.6 is 0 Å². The lowest BCUT2D eigenvalue weighted by Crippen LogP contribution is -2.47. The molecule has 1 aliphatic carbocycles. The maximum atomic E-state index is 12.0. The summed E-state index contributed by atoms with van der Waals surface area (Å²) in [5.41, 5.74) is 0. The van der Waals surface area contributed by atoms with Crippen LogP contribution in [0, 0.1) is 0 Å². The van der Waals surface area contributed by atoms with E-state index in [1.807, 2.05) is 11.8 Å². The summed E-state index contributed by atoms with van der Waals surface area (Å²) in [5.74, 6) is -0.679. The molecule has 1 heterocycles. The molecule has 0 aromatic carbocycles. The van der Waals surface area contributed by atoms with Crippen LogP contribution < -0.4 is 5.32 Å². The van der Waals surface area contributed by atoms with Gasteiger partial charge in [-0.1, -0.05) is 0 Å². The van der Waals surface area contributed by atoms with Gasteiger partial charge in [-0.2, -0.15) is 0 Å². The minimum atomic E-state index is -0.784. The Kier molecular flexibility index (Phi) is 4.76. The zero-order valence-corrected chi connectivity index (χ0v) is 11.5. The molecule has 108 valence electrons. The molecule has 1 amide bonds. The molecule has 1 aliphatic heterocycles. The van der Waals surface area contributed by atoms with E-state index in [4.69, 9.17) is 5.11 Å². The number of nitrogens with one attached hydrogen (secondary N) is 1. The van der Waals surface area contributed by atoms with Gasteiger partial charge in [0, 0.05) is 32.2 Å². The summed E-state index contributed by atoms with van der Waals surface area (Å²) in [6.07, 6.45) is 3.12. The van der Waals surface area contributed by atoms with Crippen LogP contribution in [0.2, 0.25) is 0 Å². The molecule has 0 aromatic rings. The first-order valence-corrected chi connectivity index (χ1v) is 7.05. The fourth-order valence-electron chi connectivity index (χ4n) is 2.44. The first-order chi connectivity index (χ1) is 9.06. The molecule has 0 bridgehead atoms. The van der Waals surface area contributed by atoms with E-state index in [0.717, 1.165) is 38.9 Å². The third-order valence-electron chi connectivity index (χ3n) is 3.83. The van der Waals surface area contributed by atoms with Crippen molar-refractivity contribution >= 4 is 11.9 Å². The molecule has 1 unspecified atom stereocenters. The van der Waals surface area contributed by atoms with Crippen molar-refractivity contribution in [3.8, 4) is 0 Å². The lowest BCUT2D eigenvalue weighted by Gasteiger charge is -2.26. The highest BCUT2D eigenvalue weighted by molar-refractivity contribution is 5.81. The lowest BCUT2D eigenvalue weighted by molar-refractivity contribution is -0.138. The molecule has 0 aromatic heterocycles. The molecule has 0 radical (unpaired) electrons. The molecule has 19 heavy (non-hydrogen) atoms. The van der Waals surface area contributed by atoms with E-state index in [9.17, 15) is 9.59 Å². The van der Waals surface area contributed by atoms with Crippen molar-refractivity contribution in [2.45, 2.75) is 38.3 Å². The number of carbonyl (C=O) groups is 2. The van der Waals surface area contributed by atoms with Gasteiger partial charge in [-0.15, -0.1) is 0 Å². The van der Waals surface area contributed by atoms with E-state index in [2.05, 4.69) is 10.2 Å². The summed E-state index contributed by atoms with van der Waals surface area (Å²) in [4.78, 5) is 26.8. The Morgan fingerprint density at radius 1 is 1.26 bits per heavy atom. The summed E-state index contributed by atoms with van der Waals surface area (Å²) >= 11 is 0. The lowest BCUT2D eigenvalue weighted by atomic mass is 10.2. The number of carboxylic acids is 1. The first-order valence-electron chi connectivity index (χ1n) is 7.05. The van der Waals surface area contributed by atoms with E-state index in [0.29, 0.717) is 12.6 Å². The Morgan fingerprint density at radius 3 is 2.63 bits per heavy atom. The van der Waals surface area contributed by atoms with Crippen LogP contribution in [0.4, 0.5) is 0 Å². The number of amides is 1. The van der Waals surface area contributed by atoms with Gasteiger partial charge in [-0.3, -0.25) is 19.4 Å². The molecule has 0 spiro atoms. The quantitative estimate of drug-likeness (QED) is 0.720. The molecule has 6 nitrogen and oxygen atoms in total. The minimum absolute atomic E-state index is 0.0937. The molecule has 2 fully saturated rings. The van der Waals surface area contributed by atoms with Gasteiger partial charge in [-0.25, -0.2) is 0 Å². The highest BCUT2D eigenvalue weighted by Crippen LogP contribution is 2.19. The molecule has 1 saturated heterocycles. The molecular formula is C13H23N3O3. The molecule has 2 rings (SSSR count). The highest BCUT2D eigenvalue weighted by atomic mass is 16.4. The number of hydrogen-bond donors (Lipinski definition) is 2. The van der Waals surface area contributed by atoms with Gasteiger partial charge in [0.05, 0.1) is 12.6 Å². The topological polar surface area (TPSA) is 72.9 Å². The van der Waals surface area contributed by atoms with Crippen LogP contribution in [0.25, 0.3) is 0 Å². The third kappa shape index (κ3) is 4.47. The van der Waals surface area contributed by atoms with Crippen LogP contribution in [0.1, 0.15) is 26.2 Å². The number of carboxylic acid groups (broad SMARTS) is 1. The Labute approximate surface area is 113 Å². The molecule has 6 heteroatoms. The second kappa shape index (κ2) is 6.34. The number of hydrogen-bond acceptors (Lipinski definition) is 4. The van der Waals surface area contributed by atoms with Crippen molar-refractivity contribution in [2.24, 2.45) is 0 Å². The number of carbonyl (C=O) groups excluding carboxylic acids is 1. The third-order valence-corrected chi connectivity index (χ3v) is 3.83. The van der Waals surface area contributed by atoms with Crippen LogP contribution in [-0.2, 0) is 9.59 Å². The first kappa shape index (κ1) is 14.3. The average molecular weight is 269 g/mol. The van der Waals surface area contributed by atoms with Gasteiger partial charge in [0.15, 0.2) is 0 Å². The Balaban J connectivity index is 1.80. The average Bonchev–Trinajstić information content (AvgIpc) is 3.15. The van der Waals surface area contributed by atoms with Crippen molar-refractivity contribution in [3.63, 3.8) is 0 Å². The smallest absolute Gasteiger partial charge is 0.317 e. The Hall–Kier alpha value is -1.14. The minimum Gasteiger partial charge on any atom is -0.480 e. The molecule has 2 N–H and O–H groups in total. The zero-order valence-electron chi connectivity index (χ0n) is 11.5. The SMILES string of the molecule is CC(C(=O)NC1CC1)N1CCCN(CC(=O)O)CC1. The van der Waals surface area contributed by atoms with E-state index >= 15 is 0 Å². The fraction of sp³-hybridized carbons (Fsp3) is 0.846. The van der Waals surface area contributed by atoms with Crippen LogP contribution in [-0.4, -0.2) is 71.6 Å². The Bertz CT molecular complexity index is 344. The van der Waals surface area contributed by atoms with Gasteiger partial charge >= 0.3 is 5.97 Å². The number of rotatable bonds is 5.